The lowest BCUT2D eigenvalue weighted by Crippen LogP contribution is -2.42. The zero-order valence-corrected chi connectivity index (χ0v) is 25.1. The lowest BCUT2D eigenvalue weighted by Gasteiger charge is -2.36. The highest BCUT2D eigenvalue weighted by Gasteiger charge is 2.31. The van der Waals surface area contributed by atoms with Crippen molar-refractivity contribution in [1.29, 1.82) is 0 Å². The van der Waals surface area contributed by atoms with Crippen molar-refractivity contribution in [3.8, 4) is 17.0 Å². The number of carbonyl (C=O) groups excluding carboxylic acids is 2. The quantitative estimate of drug-likeness (QED) is 0.305. The van der Waals surface area contributed by atoms with Gasteiger partial charge in [0.05, 0.1) is 36.3 Å². The fourth-order valence-electron chi connectivity index (χ4n) is 5.87. The number of hydrogen-bond donors (Lipinski definition) is 1. The number of nitrogens with zero attached hydrogens (tertiary/aromatic N) is 4. The third-order valence-corrected chi connectivity index (χ3v) is 7.92. The number of ether oxygens (including phenoxy) is 3. The summed E-state index contributed by atoms with van der Waals surface area (Å²) >= 11 is 0. The molecule has 1 N–H and O–H groups in total. The summed E-state index contributed by atoms with van der Waals surface area (Å²) in [6.45, 7) is 8.72. The lowest BCUT2D eigenvalue weighted by molar-refractivity contribution is -0.132. The molecule has 41 heavy (non-hydrogen) atoms. The Bertz CT molecular complexity index is 1350. The van der Waals surface area contributed by atoms with E-state index in [-0.39, 0.29) is 24.0 Å². The van der Waals surface area contributed by atoms with Gasteiger partial charge in [0.15, 0.2) is 0 Å². The molecule has 0 unspecified atom stereocenters. The van der Waals surface area contributed by atoms with E-state index in [2.05, 4.69) is 21.6 Å². The van der Waals surface area contributed by atoms with E-state index in [1.807, 2.05) is 49.3 Å². The van der Waals surface area contributed by atoms with Gasteiger partial charge in [-0.3, -0.25) is 19.5 Å². The van der Waals surface area contributed by atoms with Crippen LogP contribution in [-0.2, 0) is 14.3 Å². The third kappa shape index (κ3) is 6.98. The fraction of sp³-hybridized carbons (Fsp3) is 0.548. The molecule has 2 amide bonds. The molecular formula is C31H43N5O5. The number of anilines is 1. The first-order chi connectivity index (χ1) is 19.8. The minimum Gasteiger partial charge on any atom is -0.495 e. The summed E-state index contributed by atoms with van der Waals surface area (Å²) in [5.41, 5.74) is 4.06. The number of amides is 2. The molecule has 1 saturated carbocycles. The van der Waals surface area contributed by atoms with Crippen LogP contribution in [0.2, 0.25) is 0 Å². The van der Waals surface area contributed by atoms with Crippen LogP contribution in [0.25, 0.3) is 16.8 Å². The summed E-state index contributed by atoms with van der Waals surface area (Å²) in [7, 11) is 3.24. The van der Waals surface area contributed by atoms with Gasteiger partial charge in [-0.05, 0) is 58.1 Å². The Balaban J connectivity index is 1.59. The fourth-order valence-corrected chi connectivity index (χ4v) is 5.87. The van der Waals surface area contributed by atoms with Crippen molar-refractivity contribution in [2.24, 2.45) is 0 Å². The summed E-state index contributed by atoms with van der Waals surface area (Å²) in [5, 5.41) is 2.81. The molecule has 0 bridgehead atoms. The van der Waals surface area contributed by atoms with Gasteiger partial charge in [-0.15, -0.1) is 0 Å². The van der Waals surface area contributed by atoms with Gasteiger partial charge in [0.2, 0.25) is 5.91 Å². The first-order valence-electron chi connectivity index (χ1n) is 14.5. The number of carbonyl (C=O) groups is 2. The second-order valence-corrected chi connectivity index (χ2v) is 10.8. The molecule has 1 fully saturated rings. The first-order valence-corrected chi connectivity index (χ1v) is 14.5. The monoisotopic (exact) mass is 565 g/mol. The van der Waals surface area contributed by atoms with Crippen molar-refractivity contribution in [3.63, 3.8) is 0 Å². The summed E-state index contributed by atoms with van der Waals surface area (Å²) in [4.78, 5) is 36.4. The zero-order chi connectivity index (χ0) is 29.5. The van der Waals surface area contributed by atoms with Crippen LogP contribution in [-0.4, -0.2) is 70.8 Å². The normalized spacial score (nSPS) is 17.7. The maximum atomic E-state index is 12.4. The molecule has 2 heterocycles. The third-order valence-electron chi connectivity index (χ3n) is 7.92. The molecule has 2 aromatic heterocycles. The molecule has 1 aliphatic carbocycles. The molecule has 222 valence electrons. The van der Waals surface area contributed by atoms with Gasteiger partial charge in [0, 0.05) is 50.5 Å². The number of rotatable bonds is 11. The van der Waals surface area contributed by atoms with E-state index >= 15 is 0 Å². The molecule has 1 atom stereocenters. The first kappa shape index (κ1) is 30.3. The van der Waals surface area contributed by atoms with Crippen LogP contribution in [0.3, 0.4) is 0 Å². The number of benzene rings is 1. The number of nitrogens with one attached hydrogen (secondary N) is 1. The number of fused-ring (bicyclic) bond motifs is 1. The Kier molecular flexibility index (Phi) is 10.2. The minimum atomic E-state index is -0.507. The second kappa shape index (κ2) is 13.8. The van der Waals surface area contributed by atoms with Crippen molar-refractivity contribution in [2.75, 3.05) is 32.7 Å². The average molecular weight is 566 g/mol. The van der Waals surface area contributed by atoms with E-state index < -0.39 is 6.09 Å². The molecule has 0 saturated heterocycles. The molecule has 10 heteroatoms. The van der Waals surface area contributed by atoms with Crippen molar-refractivity contribution in [3.05, 3.63) is 42.1 Å². The van der Waals surface area contributed by atoms with Crippen LogP contribution in [0.15, 0.2) is 30.6 Å². The Morgan fingerprint density at radius 1 is 1.20 bits per heavy atom. The van der Waals surface area contributed by atoms with Crippen LogP contribution in [0.1, 0.15) is 76.7 Å². The maximum absolute atomic E-state index is 12.4. The molecule has 10 nitrogen and oxygen atoms in total. The van der Waals surface area contributed by atoms with Crippen molar-refractivity contribution >= 4 is 23.2 Å². The Labute approximate surface area is 242 Å². The highest BCUT2D eigenvalue weighted by Crippen LogP contribution is 2.39. The maximum Gasteiger partial charge on any atom is 0.412 e. The van der Waals surface area contributed by atoms with E-state index in [1.54, 1.807) is 21.1 Å². The van der Waals surface area contributed by atoms with Gasteiger partial charge in [-0.1, -0.05) is 19.4 Å². The van der Waals surface area contributed by atoms with Crippen LogP contribution in [0, 0.1) is 6.92 Å². The van der Waals surface area contributed by atoms with Gasteiger partial charge in [0.25, 0.3) is 0 Å². The van der Waals surface area contributed by atoms with E-state index in [1.165, 1.54) is 0 Å². The molecule has 3 aromatic rings. The molecular weight excluding hydrogens is 522 g/mol. The predicted octanol–water partition coefficient (Wildman–Crippen LogP) is 5.97. The topological polar surface area (TPSA) is 107 Å². The second-order valence-electron chi connectivity index (χ2n) is 10.8. The van der Waals surface area contributed by atoms with Crippen LogP contribution in [0.4, 0.5) is 10.5 Å². The van der Waals surface area contributed by atoms with Crippen molar-refractivity contribution in [1.82, 2.24) is 19.3 Å². The van der Waals surface area contributed by atoms with Gasteiger partial charge in [-0.25, -0.2) is 9.78 Å². The number of imidazole rings is 1. The summed E-state index contributed by atoms with van der Waals surface area (Å²) < 4.78 is 18.5. The van der Waals surface area contributed by atoms with Gasteiger partial charge < -0.3 is 19.1 Å². The molecule has 4 rings (SSSR count). The molecule has 1 aliphatic rings. The van der Waals surface area contributed by atoms with Gasteiger partial charge >= 0.3 is 6.09 Å². The highest BCUT2D eigenvalue weighted by molar-refractivity contribution is 5.89. The SMILES string of the molecule is CCC[C@H](C)OC(=O)Nc1ccc(-c2nc([C@H]3CC[C@H](N(CCOC)C(C)=O)CC3)n3ccnc(C)c23)cc1OC. The Morgan fingerprint density at radius 2 is 1.95 bits per heavy atom. The predicted molar refractivity (Wildman–Crippen MR) is 158 cm³/mol. The van der Waals surface area contributed by atoms with Gasteiger partial charge in [0.1, 0.15) is 17.7 Å². The standard InChI is InChI=1S/C31H43N5O5/c1-7-8-20(2)41-31(38)33-26-14-11-24(19-27(26)40-6)28-29-21(3)32-15-16-36(29)30(34-28)23-9-12-25(13-10-23)35(22(4)37)17-18-39-5/h11,14-16,19-20,23,25H,7-10,12-13,17-18H2,1-6H3,(H,33,38)/t20-,23-,25-/m0/s1. The summed E-state index contributed by atoms with van der Waals surface area (Å²) in [6, 6.07) is 5.86. The Morgan fingerprint density at radius 3 is 2.61 bits per heavy atom. The number of aryl methyl sites for hydroxylation is 1. The van der Waals surface area contributed by atoms with E-state index in [9.17, 15) is 9.59 Å². The zero-order valence-electron chi connectivity index (χ0n) is 25.1. The van der Waals surface area contributed by atoms with Gasteiger partial charge in [-0.2, -0.15) is 0 Å². The Hall–Kier alpha value is -3.66. The smallest absolute Gasteiger partial charge is 0.412 e. The lowest BCUT2D eigenvalue weighted by atomic mass is 9.84. The van der Waals surface area contributed by atoms with E-state index in [4.69, 9.17) is 19.2 Å². The number of hydrogen-bond acceptors (Lipinski definition) is 7. The summed E-state index contributed by atoms with van der Waals surface area (Å²) in [6.07, 6.45) is 8.57. The van der Waals surface area contributed by atoms with E-state index in [0.717, 1.165) is 66.8 Å². The molecule has 1 aromatic carbocycles. The van der Waals surface area contributed by atoms with Crippen LogP contribution < -0.4 is 10.1 Å². The molecule has 0 spiro atoms. The van der Waals surface area contributed by atoms with E-state index in [0.29, 0.717) is 24.6 Å². The van der Waals surface area contributed by atoms with Crippen LogP contribution >= 0.6 is 0 Å². The summed E-state index contributed by atoms with van der Waals surface area (Å²) in [5.74, 6) is 1.87. The number of aromatic nitrogens is 3. The molecule has 0 aliphatic heterocycles. The number of methoxy groups -OCH3 is 2. The van der Waals surface area contributed by atoms with Crippen LogP contribution in [0.5, 0.6) is 5.75 Å². The molecule has 0 radical (unpaired) electrons. The highest BCUT2D eigenvalue weighted by atomic mass is 16.6. The average Bonchev–Trinajstić information content (AvgIpc) is 3.34. The van der Waals surface area contributed by atoms with Crippen molar-refractivity contribution in [2.45, 2.75) is 84.3 Å². The van der Waals surface area contributed by atoms with Crippen molar-refractivity contribution < 1.29 is 23.8 Å². The minimum absolute atomic E-state index is 0.0939. The largest absolute Gasteiger partial charge is 0.495 e.